The first-order chi connectivity index (χ1) is 7.77. The maximum absolute atomic E-state index is 10.2. The van der Waals surface area contributed by atoms with Gasteiger partial charge in [0.15, 0.2) is 12.2 Å². The summed E-state index contributed by atoms with van der Waals surface area (Å²) in [6.45, 7) is 1.94. The molecule has 0 saturated heterocycles. The van der Waals surface area contributed by atoms with Crippen LogP contribution in [-0.4, -0.2) is 57.7 Å². The molecule has 2 unspecified atom stereocenters. The van der Waals surface area contributed by atoms with Gasteiger partial charge in [-0.25, -0.2) is 9.59 Å². The molecule has 4 N–H and O–H groups in total. The maximum Gasteiger partial charge on any atom is 0.335 e. The van der Waals surface area contributed by atoms with E-state index < -0.39 is 24.1 Å². The Morgan fingerprint density at radius 1 is 1.06 bits per heavy atom. The van der Waals surface area contributed by atoms with Crippen molar-refractivity contribution >= 4 is 17.9 Å². The van der Waals surface area contributed by atoms with Gasteiger partial charge in [0.05, 0.1) is 7.11 Å². The van der Waals surface area contributed by atoms with Crippen molar-refractivity contribution in [2.45, 2.75) is 32.0 Å². The summed E-state index contributed by atoms with van der Waals surface area (Å²) in [6.07, 6.45) is -3.13. The summed E-state index contributed by atoms with van der Waals surface area (Å²) < 4.78 is 4.35. The smallest absolute Gasteiger partial charge is 0.335 e. The van der Waals surface area contributed by atoms with Crippen LogP contribution in [0.5, 0.6) is 0 Å². The Balaban J connectivity index is 0. The topological polar surface area (TPSA) is 141 Å². The summed E-state index contributed by atoms with van der Waals surface area (Å²) in [6, 6.07) is 0. The Hall–Kier alpha value is -1.67. The minimum atomic E-state index is -2.27. The van der Waals surface area contributed by atoms with Gasteiger partial charge in [-0.05, 0) is 6.42 Å². The molecule has 0 aliphatic heterocycles. The summed E-state index contributed by atoms with van der Waals surface area (Å²) in [5.41, 5.74) is 0. The number of aliphatic hydroxyl groups is 2. The summed E-state index contributed by atoms with van der Waals surface area (Å²) in [5.74, 6) is -3.66. The summed E-state index contributed by atoms with van der Waals surface area (Å²) in [4.78, 5) is 29.7. The highest BCUT2D eigenvalue weighted by Gasteiger charge is 2.29. The van der Waals surface area contributed by atoms with Crippen LogP contribution in [0.25, 0.3) is 0 Å². The quantitative estimate of drug-likeness (QED) is 0.449. The fourth-order valence-electron chi connectivity index (χ4n) is 0.576. The highest BCUT2D eigenvalue weighted by Crippen LogP contribution is 1.92. The lowest BCUT2D eigenvalue weighted by Crippen LogP contribution is -2.39. The van der Waals surface area contributed by atoms with Crippen molar-refractivity contribution in [1.82, 2.24) is 0 Å². The molecule has 0 fully saturated rings. The fourth-order valence-corrected chi connectivity index (χ4v) is 0.576. The highest BCUT2D eigenvalue weighted by atomic mass is 16.5. The number of carboxylic acids is 2. The molecule has 0 spiro atoms. The summed E-state index contributed by atoms with van der Waals surface area (Å²) >= 11 is 0. The number of esters is 1. The number of carbonyl (C=O) groups excluding carboxylic acids is 1. The van der Waals surface area contributed by atoms with Crippen LogP contribution >= 0.6 is 0 Å². The normalized spacial score (nSPS) is 12.7. The van der Waals surface area contributed by atoms with Gasteiger partial charge in [-0.2, -0.15) is 0 Å². The average molecular weight is 252 g/mol. The SMILES string of the molecule is CCCC(=O)OC.O=C(O)C(O)C(O)C(=O)O. The molecule has 0 aromatic heterocycles. The molecule has 8 heteroatoms. The molecule has 0 amide bonds. The number of hydrogen-bond donors (Lipinski definition) is 4. The van der Waals surface area contributed by atoms with Crippen LogP contribution in [0.15, 0.2) is 0 Å². The number of rotatable bonds is 5. The first-order valence-electron chi connectivity index (χ1n) is 4.66. The van der Waals surface area contributed by atoms with E-state index in [1.807, 2.05) is 6.92 Å². The van der Waals surface area contributed by atoms with Gasteiger partial charge in [-0.15, -0.1) is 0 Å². The standard InChI is InChI=1S/C5H10O2.C4H6O6/c1-3-4-5(6)7-2;5-1(3(7)8)2(6)4(9)10/h3-4H2,1-2H3;1-2,5-6H,(H,7,8)(H,9,10). The number of hydrogen-bond acceptors (Lipinski definition) is 6. The molecular formula is C9H16O8. The molecule has 0 aromatic rings. The molecule has 0 aliphatic rings. The predicted molar refractivity (Wildman–Crippen MR) is 54.2 cm³/mol. The van der Waals surface area contributed by atoms with Gasteiger partial charge in [-0.3, -0.25) is 4.79 Å². The molecule has 0 bridgehead atoms. The van der Waals surface area contributed by atoms with E-state index in [4.69, 9.17) is 20.4 Å². The van der Waals surface area contributed by atoms with E-state index in [1.54, 1.807) is 0 Å². The lowest BCUT2D eigenvalue weighted by molar-refractivity contribution is -0.165. The molecule has 0 aromatic carbocycles. The van der Waals surface area contributed by atoms with Gasteiger partial charge < -0.3 is 25.2 Å². The lowest BCUT2D eigenvalue weighted by Gasteiger charge is -2.07. The summed E-state index contributed by atoms with van der Waals surface area (Å²) in [5, 5.41) is 32.5. The third-order valence-electron chi connectivity index (χ3n) is 1.49. The van der Waals surface area contributed by atoms with Crippen molar-refractivity contribution in [3.8, 4) is 0 Å². The Kier molecular flexibility index (Phi) is 9.95. The molecule has 0 aliphatic carbocycles. The van der Waals surface area contributed by atoms with Gasteiger partial charge >= 0.3 is 17.9 Å². The van der Waals surface area contributed by atoms with Crippen molar-refractivity contribution in [3.63, 3.8) is 0 Å². The Bertz CT molecular complexity index is 244. The van der Waals surface area contributed by atoms with Crippen molar-refractivity contribution in [2.75, 3.05) is 7.11 Å². The number of methoxy groups -OCH3 is 1. The van der Waals surface area contributed by atoms with Crippen LogP contribution in [0.3, 0.4) is 0 Å². The largest absolute Gasteiger partial charge is 0.479 e. The molecule has 100 valence electrons. The second-order valence-corrected chi connectivity index (χ2v) is 2.89. The number of ether oxygens (including phenoxy) is 1. The number of aliphatic hydroxyl groups excluding tert-OH is 2. The molecule has 0 radical (unpaired) electrons. The number of aliphatic carboxylic acids is 2. The van der Waals surface area contributed by atoms with Gasteiger partial charge in [-0.1, -0.05) is 6.92 Å². The zero-order valence-corrected chi connectivity index (χ0v) is 9.49. The first-order valence-corrected chi connectivity index (χ1v) is 4.66. The monoisotopic (exact) mass is 252 g/mol. The zero-order chi connectivity index (χ0) is 14.0. The fraction of sp³-hybridized carbons (Fsp3) is 0.667. The average Bonchev–Trinajstić information content (AvgIpc) is 2.27. The number of carboxylic acid groups (broad SMARTS) is 2. The first kappa shape index (κ1) is 17.7. The van der Waals surface area contributed by atoms with E-state index in [0.29, 0.717) is 6.42 Å². The van der Waals surface area contributed by atoms with Gasteiger partial charge in [0.25, 0.3) is 0 Å². The van der Waals surface area contributed by atoms with Crippen molar-refractivity contribution in [2.24, 2.45) is 0 Å². The molecular weight excluding hydrogens is 236 g/mol. The third kappa shape index (κ3) is 9.27. The van der Waals surface area contributed by atoms with Crippen molar-refractivity contribution in [3.05, 3.63) is 0 Å². The molecule has 0 rings (SSSR count). The van der Waals surface area contributed by atoms with E-state index >= 15 is 0 Å². The minimum absolute atomic E-state index is 0.123. The Morgan fingerprint density at radius 2 is 1.41 bits per heavy atom. The third-order valence-corrected chi connectivity index (χ3v) is 1.49. The van der Waals surface area contributed by atoms with E-state index in [2.05, 4.69) is 4.74 Å². The van der Waals surface area contributed by atoms with E-state index in [1.165, 1.54) is 7.11 Å². The van der Waals surface area contributed by atoms with E-state index in [9.17, 15) is 14.4 Å². The van der Waals surface area contributed by atoms with Crippen LogP contribution in [0.4, 0.5) is 0 Å². The second kappa shape index (κ2) is 9.55. The molecule has 0 saturated carbocycles. The Morgan fingerprint density at radius 3 is 1.53 bits per heavy atom. The van der Waals surface area contributed by atoms with Gasteiger partial charge in [0.2, 0.25) is 0 Å². The maximum atomic E-state index is 10.2. The minimum Gasteiger partial charge on any atom is -0.479 e. The van der Waals surface area contributed by atoms with Gasteiger partial charge in [0, 0.05) is 6.42 Å². The van der Waals surface area contributed by atoms with Crippen LogP contribution in [0.1, 0.15) is 19.8 Å². The highest BCUT2D eigenvalue weighted by molar-refractivity contribution is 5.83. The van der Waals surface area contributed by atoms with E-state index in [-0.39, 0.29) is 5.97 Å². The van der Waals surface area contributed by atoms with Crippen molar-refractivity contribution in [1.29, 1.82) is 0 Å². The molecule has 2 atom stereocenters. The van der Waals surface area contributed by atoms with Crippen molar-refractivity contribution < 1.29 is 39.5 Å². The van der Waals surface area contributed by atoms with Crippen LogP contribution < -0.4 is 0 Å². The van der Waals surface area contributed by atoms with Crippen LogP contribution in [0, 0.1) is 0 Å². The van der Waals surface area contributed by atoms with E-state index in [0.717, 1.165) is 6.42 Å². The predicted octanol–water partition coefficient (Wildman–Crippen LogP) is -1.16. The summed E-state index contributed by atoms with van der Waals surface area (Å²) in [7, 11) is 1.40. The van der Waals surface area contributed by atoms with Crippen LogP contribution in [0.2, 0.25) is 0 Å². The molecule has 8 nitrogen and oxygen atoms in total. The Labute approximate surface area is 97.4 Å². The lowest BCUT2D eigenvalue weighted by atomic mass is 10.2. The molecule has 0 heterocycles. The van der Waals surface area contributed by atoms with Gasteiger partial charge in [0.1, 0.15) is 0 Å². The second-order valence-electron chi connectivity index (χ2n) is 2.89. The van der Waals surface area contributed by atoms with Crippen LogP contribution in [-0.2, 0) is 19.1 Å². The molecule has 17 heavy (non-hydrogen) atoms. The number of carbonyl (C=O) groups is 3. The zero-order valence-electron chi connectivity index (χ0n) is 9.49.